The Labute approximate surface area is 132 Å². The van der Waals surface area contributed by atoms with E-state index in [-0.39, 0.29) is 18.7 Å². The first-order chi connectivity index (χ1) is 10.7. The van der Waals surface area contributed by atoms with E-state index < -0.39 is 29.4 Å². The van der Waals surface area contributed by atoms with Gasteiger partial charge < -0.3 is 10.2 Å². The van der Waals surface area contributed by atoms with Gasteiger partial charge in [0.1, 0.15) is 6.04 Å². The summed E-state index contributed by atoms with van der Waals surface area (Å²) in [6, 6.07) is 3.40. The largest absolute Gasteiger partial charge is 0.480 e. The van der Waals surface area contributed by atoms with Crippen LogP contribution in [0.15, 0.2) is 24.3 Å². The molecule has 0 aliphatic carbocycles. The van der Waals surface area contributed by atoms with Crippen molar-refractivity contribution in [1.82, 2.24) is 4.90 Å². The van der Waals surface area contributed by atoms with Crippen molar-refractivity contribution >= 4 is 5.97 Å². The molecule has 1 atom stereocenters. The highest BCUT2D eigenvalue weighted by Gasteiger charge is 2.41. The number of carbonyl (C=O) groups is 1. The third kappa shape index (κ3) is 3.84. The highest BCUT2D eigenvalue weighted by molar-refractivity contribution is 5.76. The number of rotatable bonds is 4. The summed E-state index contributed by atoms with van der Waals surface area (Å²) >= 11 is 0. The minimum atomic E-state index is -4.61. The first kappa shape index (κ1) is 17.7. The van der Waals surface area contributed by atoms with Gasteiger partial charge in [-0.15, -0.1) is 0 Å². The summed E-state index contributed by atoms with van der Waals surface area (Å²) in [6.45, 7) is 2.32. The molecule has 1 aromatic rings. The van der Waals surface area contributed by atoms with Gasteiger partial charge in [0.25, 0.3) is 0 Å². The molecule has 4 nitrogen and oxygen atoms in total. The number of nitrogens with zero attached hydrogens (tertiary/aromatic N) is 1. The minimum absolute atomic E-state index is 0.244. The van der Waals surface area contributed by atoms with E-state index in [1.54, 1.807) is 0 Å². The highest BCUT2D eigenvalue weighted by atomic mass is 19.4. The Kier molecular flexibility index (Phi) is 5.01. The quantitative estimate of drug-likeness (QED) is 0.890. The number of aliphatic hydroxyl groups is 1. The van der Waals surface area contributed by atoms with Crippen LogP contribution in [0.1, 0.15) is 43.4 Å². The molecule has 23 heavy (non-hydrogen) atoms. The normalized spacial score (nSPS) is 20.2. The SMILES string of the molecule is CCC1(O)CCN(C(C(=O)O)c2ccccc2C(F)(F)F)CC1. The molecule has 1 fully saturated rings. The molecule has 1 aromatic carbocycles. The molecule has 2 N–H and O–H groups in total. The van der Waals surface area contributed by atoms with Crippen LogP contribution >= 0.6 is 0 Å². The lowest BCUT2D eigenvalue weighted by Crippen LogP contribution is -2.47. The van der Waals surface area contributed by atoms with Crippen LogP contribution in [0.3, 0.4) is 0 Å². The number of aliphatic carboxylic acids is 1. The molecule has 128 valence electrons. The second-order valence-corrected chi connectivity index (χ2v) is 5.94. The van der Waals surface area contributed by atoms with Gasteiger partial charge in [-0.3, -0.25) is 9.69 Å². The van der Waals surface area contributed by atoms with Crippen LogP contribution < -0.4 is 0 Å². The Morgan fingerprint density at radius 2 is 1.87 bits per heavy atom. The van der Waals surface area contributed by atoms with Gasteiger partial charge in [0, 0.05) is 13.1 Å². The van der Waals surface area contributed by atoms with Gasteiger partial charge in [-0.25, -0.2) is 0 Å². The lowest BCUT2D eigenvalue weighted by molar-refractivity contribution is -0.148. The molecular formula is C16H20F3NO3. The molecule has 0 bridgehead atoms. The Morgan fingerprint density at radius 1 is 1.30 bits per heavy atom. The van der Waals surface area contributed by atoms with Crippen LogP contribution in [0.5, 0.6) is 0 Å². The average molecular weight is 331 g/mol. The first-order valence-corrected chi connectivity index (χ1v) is 7.53. The predicted octanol–water partition coefficient (Wildman–Crippen LogP) is 3.07. The fourth-order valence-corrected chi connectivity index (χ4v) is 3.03. The molecule has 2 rings (SSSR count). The number of carboxylic acids is 1. The fraction of sp³-hybridized carbons (Fsp3) is 0.562. The molecule has 1 aliphatic heterocycles. The number of carboxylic acid groups (broad SMARTS) is 1. The van der Waals surface area contributed by atoms with Gasteiger partial charge in [-0.05, 0) is 30.9 Å². The Hall–Kier alpha value is -1.60. The Balaban J connectivity index is 2.33. The maximum Gasteiger partial charge on any atom is 0.416 e. The molecule has 1 aliphatic rings. The Bertz CT molecular complexity index is 566. The zero-order chi connectivity index (χ0) is 17.3. The van der Waals surface area contributed by atoms with Crippen LogP contribution in [-0.4, -0.2) is 39.8 Å². The van der Waals surface area contributed by atoms with E-state index in [0.29, 0.717) is 19.3 Å². The monoisotopic (exact) mass is 331 g/mol. The fourth-order valence-electron chi connectivity index (χ4n) is 3.03. The standard InChI is InChI=1S/C16H20F3NO3/c1-2-15(23)7-9-20(10-8-15)13(14(21)22)11-5-3-4-6-12(11)16(17,18)19/h3-6,13,23H,2,7-10H2,1H3,(H,21,22). The smallest absolute Gasteiger partial charge is 0.416 e. The lowest BCUT2D eigenvalue weighted by Gasteiger charge is -2.40. The summed E-state index contributed by atoms with van der Waals surface area (Å²) in [7, 11) is 0. The van der Waals surface area contributed by atoms with E-state index in [1.165, 1.54) is 23.1 Å². The molecule has 0 aromatic heterocycles. The number of halogens is 3. The van der Waals surface area contributed by atoms with Gasteiger partial charge in [-0.2, -0.15) is 13.2 Å². The first-order valence-electron chi connectivity index (χ1n) is 7.53. The molecular weight excluding hydrogens is 311 g/mol. The molecule has 1 unspecified atom stereocenters. The summed E-state index contributed by atoms with van der Waals surface area (Å²) < 4.78 is 39.5. The highest BCUT2D eigenvalue weighted by Crippen LogP contribution is 2.38. The van der Waals surface area contributed by atoms with Gasteiger partial charge >= 0.3 is 12.1 Å². The van der Waals surface area contributed by atoms with E-state index in [4.69, 9.17) is 0 Å². The third-order valence-electron chi connectivity index (χ3n) is 4.55. The van der Waals surface area contributed by atoms with Crippen molar-refractivity contribution in [3.63, 3.8) is 0 Å². The summed E-state index contributed by atoms with van der Waals surface area (Å²) in [5.41, 5.74) is -2.04. The molecule has 0 radical (unpaired) electrons. The van der Waals surface area contributed by atoms with Crippen LogP contribution in [0.4, 0.5) is 13.2 Å². The summed E-state index contributed by atoms with van der Waals surface area (Å²) in [6.07, 6.45) is -3.37. The van der Waals surface area contributed by atoms with Crippen molar-refractivity contribution < 1.29 is 28.2 Å². The van der Waals surface area contributed by atoms with Crippen LogP contribution in [0, 0.1) is 0 Å². The number of hydrogen-bond acceptors (Lipinski definition) is 3. The van der Waals surface area contributed by atoms with Crippen molar-refractivity contribution in [3.8, 4) is 0 Å². The van der Waals surface area contributed by atoms with Crippen LogP contribution in [0.2, 0.25) is 0 Å². The molecule has 0 amide bonds. The average Bonchev–Trinajstić information content (AvgIpc) is 2.49. The second kappa shape index (κ2) is 6.49. The number of alkyl halides is 3. The van der Waals surface area contributed by atoms with Crippen LogP contribution in [-0.2, 0) is 11.0 Å². The maximum absolute atomic E-state index is 13.2. The van der Waals surface area contributed by atoms with Crippen molar-refractivity contribution in [2.75, 3.05) is 13.1 Å². The predicted molar refractivity (Wildman–Crippen MR) is 77.9 cm³/mol. The van der Waals surface area contributed by atoms with E-state index >= 15 is 0 Å². The summed E-state index contributed by atoms with van der Waals surface area (Å²) in [5.74, 6) is -1.32. The Morgan fingerprint density at radius 3 is 2.35 bits per heavy atom. The molecule has 1 heterocycles. The lowest BCUT2D eigenvalue weighted by atomic mass is 9.87. The van der Waals surface area contributed by atoms with Gasteiger partial charge in [0.15, 0.2) is 0 Å². The van der Waals surface area contributed by atoms with Crippen LogP contribution in [0.25, 0.3) is 0 Å². The maximum atomic E-state index is 13.2. The van der Waals surface area contributed by atoms with Crippen molar-refractivity contribution in [2.24, 2.45) is 0 Å². The molecule has 7 heteroatoms. The third-order valence-corrected chi connectivity index (χ3v) is 4.55. The molecule has 0 spiro atoms. The minimum Gasteiger partial charge on any atom is -0.480 e. The summed E-state index contributed by atoms with van der Waals surface area (Å²) in [5, 5.41) is 19.7. The number of benzene rings is 1. The van der Waals surface area contributed by atoms with E-state index in [2.05, 4.69) is 0 Å². The zero-order valence-electron chi connectivity index (χ0n) is 12.8. The molecule has 0 saturated carbocycles. The number of likely N-dealkylation sites (tertiary alicyclic amines) is 1. The van der Waals surface area contributed by atoms with Gasteiger partial charge in [-0.1, -0.05) is 25.1 Å². The number of hydrogen-bond donors (Lipinski definition) is 2. The van der Waals surface area contributed by atoms with Crippen molar-refractivity contribution in [3.05, 3.63) is 35.4 Å². The van der Waals surface area contributed by atoms with Crippen molar-refractivity contribution in [2.45, 2.75) is 44.0 Å². The number of piperidine rings is 1. The zero-order valence-corrected chi connectivity index (χ0v) is 12.8. The van der Waals surface area contributed by atoms with Gasteiger partial charge in [0.2, 0.25) is 0 Å². The van der Waals surface area contributed by atoms with E-state index in [9.17, 15) is 28.2 Å². The molecule has 1 saturated heterocycles. The second-order valence-electron chi connectivity index (χ2n) is 5.94. The summed E-state index contributed by atoms with van der Waals surface area (Å²) in [4.78, 5) is 13.1. The topological polar surface area (TPSA) is 60.8 Å². The van der Waals surface area contributed by atoms with Crippen molar-refractivity contribution in [1.29, 1.82) is 0 Å². The van der Waals surface area contributed by atoms with Gasteiger partial charge in [0.05, 0.1) is 11.2 Å². The van der Waals surface area contributed by atoms with E-state index in [1.807, 2.05) is 6.92 Å². The van der Waals surface area contributed by atoms with E-state index in [0.717, 1.165) is 6.07 Å².